The van der Waals surface area contributed by atoms with E-state index in [2.05, 4.69) is 5.32 Å². The highest BCUT2D eigenvalue weighted by Crippen LogP contribution is 2.22. The molecule has 0 aliphatic carbocycles. The van der Waals surface area contributed by atoms with E-state index in [9.17, 15) is 9.59 Å². The van der Waals surface area contributed by atoms with Gasteiger partial charge in [-0.2, -0.15) is 0 Å². The first-order chi connectivity index (χ1) is 9.88. The van der Waals surface area contributed by atoms with Crippen LogP contribution in [0.15, 0.2) is 18.2 Å². The Morgan fingerprint density at radius 2 is 2.05 bits per heavy atom. The Kier molecular flexibility index (Phi) is 6.02. The van der Waals surface area contributed by atoms with Crippen LogP contribution in [-0.2, 0) is 4.79 Å². The summed E-state index contributed by atoms with van der Waals surface area (Å²) in [5.41, 5.74) is 6.56. The highest BCUT2D eigenvalue weighted by atomic mass is 16.5. The van der Waals surface area contributed by atoms with E-state index in [1.165, 1.54) is 12.0 Å². The van der Waals surface area contributed by atoms with Crippen LogP contribution in [0.1, 0.15) is 31.1 Å². The van der Waals surface area contributed by atoms with Crippen LogP contribution in [0.3, 0.4) is 0 Å². The molecule has 0 fully saturated rings. The summed E-state index contributed by atoms with van der Waals surface area (Å²) in [4.78, 5) is 25.8. The number of rotatable bonds is 6. The number of ether oxygens (including phenoxy) is 1. The normalized spacial score (nSPS) is 10.3. The molecule has 0 saturated heterocycles. The molecule has 1 rings (SSSR count). The van der Waals surface area contributed by atoms with Gasteiger partial charge in [-0.05, 0) is 39.0 Å². The Morgan fingerprint density at radius 3 is 2.57 bits per heavy atom. The number of nitrogen functional groups attached to an aromatic ring is 1. The van der Waals surface area contributed by atoms with Crippen LogP contribution in [0.25, 0.3) is 0 Å². The lowest BCUT2D eigenvalue weighted by Gasteiger charge is -2.22. The van der Waals surface area contributed by atoms with Crippen LogP contribution in [-0.4, -0.2) is 43.0 Å². The summed E-state index contributed by atoms with van der Waals surface area (Å²) in [5, 5.41) is 2.77. The molecule has 0 aliphatic heterocycles. The maximum atomic E-state index is 12.5. The summed E-state index contributed by atoms with van der Waals surface area (Å²) in [5.74, 6) is -0.0273. The zero-order valence-corrected chi connectivity index (χ0v) is 13.0. The van der Waals surface area contributed by atoms with Gasteiger partial charge < -0.3 is 20.7 Å². The first-order valence-electron chi connectivity index (χ1n) is 6.91. The predicted molar refractivity (Wildman–Crippen MR) is 82.3 cm³/mol. The van der Waals surface area contributed by atoms with Crippen LogP contribution >= 0.6 is 0 Å². The average Bonchev–Trinajstić information content (AvgIpc) is 2.43. The van der Waals surface area contributed by atoms with Crippen molar-refractivity contribution < 1.29 is 14.3 Å². The molecule has 0 aromatic heterocycles. The van der Waals surface area contributed by atoms with E-state index in [0.29, 0.717) is 23.5 Å². The number of anilines is 1. The van der Waals surface area contributed by atoms with E-state index in [1.54, 1.807) is 18.2 Å². The highest BCUT2D eigenvalue weighted by Gasteiger charge is 2.21. The second-order valence-electron chi connectivity index (χ2n) is 5.00. The number of nitrogens with zero attached hydrogens (tertiary/aromatic N) is 1. The monoisotopic (exact) mass is 293 g/mol. The highest BCUT2D eigenvalue weighted by molar-refractivity contribution is 5.99. The third kappa shape index (κ3) is 4.66. The number of carbonyl (C=O) groups is 2. The lowest BCUT2D eigenvalue weighted by Crippen LogP contribution is -2.42. The van der Waals surface area contributed by atoms with E-state index >= 15 is 0 Å². The van der Waals surface area contributed by atoms with Gasteiger partial charge in [0.1, 0.15) is 5.75 Å². The summed E-state index contributed by atoms with van der Waals surface area (Å²) < 4.78 is 5.18. The number of nitrogens with one attached hydrogen (secondary N) is 1. The Hall–Kier alpha value is -2.24. The van der Waals surface area contributed by atoms with E-state index < -0.39 is 0 Å². The number of nitrogens with two attached hydrogens (primary N) is 1. The van der Waals surface area contributed by atoms with Crippen molar-refractivity contribution in [3.05, 3.63) is 23.8 Å². The van der Waals surface area contributed by atoms with Gasteiger partial charge in [-0.3, -0.25) is 9.59 Å². The smallest absolute Gasteiger partial charge is 0.258 e. The van der Waals surface area contributed by atoms with E-state index in [1.807, 2.05) is 20.8 Å². The topological polar surface area (TPSA) is 84.7 Å². The third-order valence-electron chi connectivity index (χ3n) is 2.91. The molecule has 1 aromatic carbocycles. The summed E-state index contributed by atoms with van der Waals surface area (Å²) in [6.45, 7) is 5.99. The minimum absolute atomic E-state index is 0.00542. The molecule has 116 valence electrons. The molecule has 0 atom stereocenters. The summed E-state index contributed by atoms with van der Waals surface area (Å²) in [7, 11) is 1.49. The third-order valence-corrected chi connectivity index (χ3v) is 2.91. The Balaban J connectivity index is 2.93. The molecule has 6 nitrogen and oxygen atoms in total. The SMILES string of the molecule is CCN(CC(=O)NC(C)C)C(=O)c1cc(N)ccc1OC. The van der Waals surface area contributed by atoms with Crippen LogP contribution in [0.2, 0.25) is 0 Å². The summed E-state index contributed by atoms with van der Waals surface area (Å²) >= 11 is 0. The number of hydrogen-bond acceptors (Lipinski definition) is 4. The van der Waals surface area contributed by atoms with Crippen molar-refractivity contribution in [3.8, 4) is 5.75 Å². The van der Waals surface area contributed by atoms with Crippen molar-refractivity contribution in [2.24, 2.45) is 0 Å². The Labute approximate surface area is 125 Å². The van der Waals surface area contributed by atoms with Crippen LogP contribution < -0.4 is 15.8 Å². The molecule has 0 heterocycles. The fraction of sp³-hybridized carbons (Fsp3) is 0.467. The lowest BCUT2D eigenvalue weighted by molar-refractivity contribution is -0.122. The van der Waals surface area contributed by atoms with Gasteiger partial charge >= 0.3 is 0 Å². The number of hydrogen-bond donors (Lipinski definition) is 2. The van der Waals surface area contributed by atoms with Crippen LogP contribution in [0.5, 0.6) is 5.75 Å². The molecule has 1 aromatic rings. The number of carbonyl (C=O) groups excluding carboxylic acids is 2. The van der Waals surface area contributed by atoms with Crippen molar-refractivity contribution in [3.63, 3.8) is 0 Å². The number of amides is 2. The molecule has 0 unspecified atom stereocenters. The quantitative estimate of drug-likeness (QED) is 0.773. The molecular weight excluding hydrogens is 270 g/mol. The van der Waals surface area contributed by atoms with Crippen LogP contribution in [0, 0.1) is 0 Å². The van der Waals surface area contributed by atoms with Crippen molar-refractivity contribution in [1.82, 2.24) is 10.2 Å². The predicted octanol–water partition coefficient (Wildman–Crippen LogP) is 1.26. The van der Waals surface area contributed by atoms with Gasteiger partial charge in [0.25, 0.3) is 5.91 Å². The molecule has 21 heavy (non-hydrogen) atoms. The standard InChI is InChI=1S/C15H23N3O3/c1-5-18(9-14(19)17-10(2)3)15(20)12-8-11(16)6-7-13(12)21-4/h6-8,10H,5,9,16H2,1-4H3,(H,17,19). The minimum atomic E-state index is -0.277. The first kappa shape index (κ1) is 16.8. The zero-order chi connectivity index (χ0) is 16.0. The van der Waals surface area contributed by atoms with Crippen molar-refractivity contribution in [2.45, 2.75) is 26.8 Å². The number of methoxy groups -OCH3 is 1. The van der Waals surface area contributed by atoms with Gasteiger partial charge in [0, 0.05) is 18.3 Å². The first-order valence-corrected chi connectivity index (χ1v) is 6.91. The second-order valence-corrected chi connectivity index (χ2v) is 5.00. The Morgan fingerprint density at radius 1 is 1.38 bits per heavy atom. The van der Waals surface area contributed by atoms with Gasteiger partial charge in [0.2, 0.25) is 5.91 Å². The van der Waals surface area contributed by atoms with E-state index in [4.69, 9.17) is 10.5 Å². The largest absolute Gasteiger partial charge is 0.496 e. The van der Waals surface area contributed by atoms with E-state index in [0.717, 1.165) is 0 Å². The molecule has 0 radical (unpaired) electrons. The molecule has 0 aliphatic rings. The van der Waals surface area contributed by atoms with Crippen LogP contribution in [0.4, 0.5) is 5.69 Å². The van der Waals surface area contributed by atoms with Gasteiger partial charge in [-0.1, -0.05) is 0 Å². The summed E-state index contributed by atoms with van der Waals surface area (Å²) in [6.07, 6.45) is 0. The molecule has 0 bridgehead atoms. The molecular formula is C15H23N3O3. The second kappa shape index (κ2) is 7.52. The van der Waals surface area contributed by atoms with Gasteiger partial charge in [0.15, 0.2) is 0 Å². The van der Waals surface area contributed by atoms with Gasteiger partial charge in [-0.25, -0.2) is 0 Å². The summed E-state index contributed by atoms with van der Waals surface area (Å²) in [6, 6.07) is 4.90. The fourth-order valence-electron chi connectivity index (χ4n) is 1.93. The maximum Gasteiger partial charge on any atom is 0.258 e. The molecule has 2 amide bonds. The maximum absolute atomic E-state index is 12.5. The lowest BCUT2D eigenvalue weighted by atomic mass is 10.1. The zero-order valence-electron chi connectivity index (χ0n) is 13.0. The van der Waals surface area contributed by atoms with Crippen molar-refractivity contribution in [1.29, 1.82) is 0 Å². The number of benzene rings is 1. The molecule has 3 N–H and O–H groups in total. The van der Waals surface area contributed by atoms with Gasteiger partial charge in [0.05, 0.1) is 19.2 Å². The molecule has 0 saturated carbocycles. The van der Waals surface area contributed by atoms with E-state index in [-0.39, 0.29) is 24.4 Å². The number of likely N-dealkylation sites (N-methyl/N-ethyl adjacent to an activating group) is 1. The average molecular weight is 293 g/mol. The Bertz CT molecular complexity index is 515. The molecule has 6 heteroatoms. The molecule has 0 spiro atoms. The van der Waals surface area contributed by atoms with Crippen molar-refractivity contribution >= 4 is 17.5 Å². The van der Waals surface area contributed by atoms with Gasteiger partial charge in [-0.15, -0.1) is 0 Å². The fourth-order valence-corrected chi connectivity index (χ4v) is 1.93. The minimum Gasteiger partial charge on any atom is -0.496 e. The van der Waals surface area contributed by atoms with Crippen molar-refractivity contribution in [2.75, 3.05) is 25.9 Å².